The van der Waals surface area contributed by atoms with Gasteiger partial charge in [-0.25, -0.2) is 4.79 Å². The van der Waals surface area contributed by atoms with Gasteiger partial charge in [-0.05, 0) is 0 Å². The Morgan fingerprint density at radius 2 is 1.88 bits per heavy atom. The van der Waals surface area contributed by atoms with E-state index in [1.807, 2.05) is 0 Å². The molecule has 16 heavy (non-hydrogen) atoms. The third-order valence-corrected chi connectivity index (χ3v) is 1.90. The smallest absolute Gasteiger partial charge is 0.316 e. The Balaban J connectivity index is 3.66. The molecule has 7 nitrogen and oxygen atoms in total. The van der Waals surface area contributed by atoms with Crippen molar-refractivity contribution in [1.82, 2.24) is 15.5 Å². The van der Waals surface area contributed by atoms with Crippen LogP contribution in [0, 0.1) is 0 Å². The van der Waals surface area contributed by atoms with Gasteiger partial charge in [0.05, 0.1) is 0 Å². The van der Waals surface area contributed by atoms with Crippen LogP contribution in [0.25, 0.3) is 0 Å². The van der Waals surface area contributed by atoms with Crippen molar-refractivity contribution in [3.63, 3.8) is 0 Å². The van der Waals surface area contributed by atoms with Crippen LogP contribution in [0.3, 0.4) is 0 Å². The molecule has 0 saturated heterocycles. The average molecular weight is 232 g/mol. The first-order valence-electron chi connectivity index (χ1n) is 4.98. The lowest BCUT2D eigenvalue weighted by atomic mass is 10.3. The maximum atomic E-state index is 11.3. The first-order valence-corrected chi connectivity index (χ1v) is 4.98. The monoisotopic (exact) mass is 232 g/mol. The molecule has 0 aromatic carbocycles. The van der Waals surface area contributed by atoms with E-state index in [1.165, 1.54) is 12.0 Å². The van der Waals surface area contributed by atoms with Gasteiger partial charge in [0, 0.05) is 40.8 Å². The standard InChI is InChI=1S/C9H20N4O3/c1-13(2)9(15)12-5-4-11-8(14)7(6-10)16-3/h7H,4-6,10H2,1-3H3,(H,11,14)(H,12,15). The molecular weight excluding hydrogens is 212 g/mol. The summed E-state index contributed by atoms with van der Waals surface area (Å²) in [6.07, 6.45) is -0.635. The molecular formula is C9H20N4O3. The van der Waals surface area contributed by atoms with Crippen molar-refractivity contribution in [2.75, 3.05) is 40.8 Å². The lowest BCUT2D eigenvalue weighted by molar-refractivity contribution is -0.130. The second kappa shape index (κ2) is 7.89. The summed E-state index contributed by atoms with van der Waals surface area (Å²) >= 11 is 0. The molecule has 7 heteroatoms. The Bertz CT molecular complexity index is 229. The zero-order chi connectivity index (χ0) is 12.6. The fraction of sp³-hybridized carbons (Fsp3) is 0.778. The van der Waals surface area contributed by atoms with Crippen LogP contribution >= 0.6 is 0 Å². The van der Waals surface area contributed by atoms with Gasteiger partial charge < -0.3 is 26.0 Å². The van der Waals surface area contributed by atoms with Crippen LogP contribution < -0.4 is 16.4 Å². The first kappa shape index (κ1) is 14.7. The molecule has 1 atom stereocenters. The lowest BCUT2D eigenvalue weighted by Crippen LogP contribution is -2.44. The molecule has 0 spiro atoms. The van der Waals surface area contributed by atoms with E-state index in [4.69, 9.17) is 10.5 Å². The van der Waals surface area contributed by atoms with Crippen LogP contribution in [0.2, 0.25) is 0 Å². The summed E-state index contributed by atoms with van der Waals surface area (Å²) in [5.41, 5.74) is 5.31. The fourth-order valence-electron chi connectivity index (χ4n) is 0.937. The fourth-order valence-corrected chi connectivity index (χ4v) is 0.937. The van der Waals surface area contributed by atoms with Crippen LogP contribution in [0.15, 0.2) is 0 Å². The quantitative estimate of drug-likeness (QED) is 0.478. The second-order valence-electron chi connectivity index (χ2n) is 3.38. The van der Waals surface area contributed by atoms with Gasteiger partial charge in [-0.15, -0.1) is 0 Å². The lowest BCUT2D eigenvalue weighted by Gasteiger charge is -2.14. The van der Waals surface area contributed by atoms with Gasteiger partial charge in [0.2, 0.25) is 0 Å². The largest absolute Gasteiger partial charge is 0.370 e. The number of amides is 3. The number of nitrogens with zero attached hydrogens (tertiary/aromatic N) is 1. The van der Waals surface area contributed by atoms with E-state index in [9.17, 15) is 9.59 Å². The summed E-state index contributed by atoms with van der Waals surface area (Å²) in [7, 11) is 4.71. The predicted molar refractivity (Wildman–Crippen MR) is 59.9 cm³/mol. The zero-order valence-electron chi connectivity index (χ0n) is 9.95. The molecule has 0 aliphatic rings. The van der Waals surface area contributed by atoms with Crippen LogP contribution in [0.1, 0.15) is 0 Å². The minimum atomic E-state index is -0.635. The van der Waals surface area contributed by atoms with Gasteiger partial charge >= 0.3 is 6.03 Å². The highest BCUT2D eigenvalue weighted by Gasteiger charge is 2.14. The number of nitrogens with two attached hydrogens (primary N) is 1. The molecule has 0 saturated carbocycles. The summed E-state index contributed by atoms with van der Waals surface area (Å²) in [5.74, 6) is -0.274. The van der Waals surface area contributed by atoms with E-state index in [1.54, 1.807) is 14.1 Å². The molecule has 3 amide bonds. The normalized spacial score (nSPS) is 11.8. The maximum absolute atomic E-state index is 11.3. The van der Waals surface area contributed by atoms with Crippen LogP contribution in [0.4, 0.5) is 4.79 Å². The molecule has 0 fully saturated rings. The summed E-state index contributed by atoms with van der Waals surface area (Å²) in [6, 6.07) is -0.198. The third kappa shape index (κ3) is 5.52. The first-order chi connectivity index (χ1) is 7.52. The Hall–Kier alpha value is -1.34. The summed E-state index contributed by atoms with van der Waals surface area (Å²) in [4.78, 5) is 23.9. The number of rotatable bonds is 6. The Labute approximate surface area is 95.3 Å². The molecule has 0 aromatic rings. The number of urea groups is 1. The molecule has 94 valence electrons. The highest BCUT2D eigenvalue weighted by atomic mass is 16.5. The number of ether oxygens (including phenoxy) is 1. The Morgan fingerprint density at radius 3 is 2.31 bits per heavy atom. The molecule has 0 heterocycles. The van der Waals surface area contributed by atoms with Crippen LogP contribution in [-0.2, 0) is 9.53 Å². The van der Waals surface area contributed by atoms with E-state index in [-0.39, 0.29) is 18.5 Å². The van der Waals surface area contributed by atoms with Crippen molar-refractivity contribution < 1.29 is 14.3 Å². The molecule has 0 rings (SSSR count). The minimum absolute atomic E-state index is 0.131. The topological polar surface area (TPSA) is 96.7 Å². The van der Waals surface area contributed by atoms with Gasteiger partial charge in [-0.3, -0.25) is 4.79 Å². The highest BCUT2D eigenvalue weighted by molar-refractivity contribution is 5.81. The van der Waals surface area contributed by atoms with Gasteiger partial charge in [-0.1, -0.05) is 0 Å². The van der Waals surface area contributed by atoms with Crippen LogP contribution in [0.5, 0.6) is 0 Å². The number of carbonyl (C=O) groups is 2. The number of nitrogens with one attached hydrogen (secondary N) is 2. The maximum Gasteiger partial charge on any atom is 0.316 e. The number of methoxy groups -OCH3 is 1. The SMILES string of the molecule is COC(CN)C(=O)NCCNC(=O)N(C)C. The number of carbonyl (C=O) groups excluding carboxylic acids is 2. The summed E-state index contributed by atoms with van der Waals surface area (Å²) < 4.78 is 4.85. The molecule has 0 bridgehead atoms. The molecule has 4 N–H and O–H groups in total. The third-order valence-electron chi connectivity index (χ3n) is 1.90. The van der Waals surface area contributed by atoms with Gasteiger partial charge in [0.15, 0.2) is 0 Å². The van der Waals surface area contributed by atoms with E-state index >= 15 is 0 Å². The molecule has 0 aliphatic carbocycles. The molecule has 0 aromatic heterocycles. The van der Waals surface area contributed by atoms with Crippen molar-refractivity contribution >= 4 is 11.9 Å². The van der Waals surface area contributed by atoms with E-state index in [2.05, 4.69) is 10.6 Å². The highest BCUT2D eigenvalue weighted by Crippen LogP contribution is 1.85. The average Bonchev–Trinajstić information content (AvgIpc) is 2.25. The molecule has 0 aliphatic heterocycles. The van der Waals surface area contributed by atoms with Crippen molar-refractivity contribution in [2.24, 2.45) is 5.73 Å². The van der Waals surface area contributed by atoms with E-state index in [0.29, 0.717) is 13.1 Å². The summed E-state index contributed by atoms with van der Waals surface area (Å²) in [5, 5.41) is 5.21. The van der Waals surface area contributed by atoms with Gasteiger partial charge in [0.1, 0.15) is 6.10 Å². The summed E-state index contributed by atoms with van der Waals surface area (Å²) in [6.45, 7) is 0.842. The molecule has 1 unspecified atom stereocenters. The Morgan fingerprint density at radius 1 is 1.31 bits per heavy atom. The van der Waals surface area contributed by atoms with Gasteiger partial charge in [-0.2, -0.15) is 0 Å². The van der Waals surface area contributed by atoms with Gasteiger partial charge in [0.25, 0.3) is 5.91 Å². The second-order valence-corrected chi connectivity index (χ2v) is 3.38. The van der Waals surface area contributed by atoms with Crippen molar-refractivity contribution in [3.05, 3.63) is 0 Å². The van der Waals surface area contributed by atoms with Crippen LogP contribution in [-0.4, -0.2) is 63.8 Å². The van der Waals surface area contributed by atoms with Crippen molar-refractivity contribution in [1.29, 1.82) is 0 Å². The zero-order valence-corrected chi connectivity index (χ0v) is 9.95. The van der Waals surface area contributed by atoms with Crippen molar-refractivity contribution in [2.45, 2.75) is 6.10 Å². The van der Waals surface area contributed by atoms with E-state index in [0.717, 1.165) is 0 Å². The van der Waals surface area contributed by atoms with Crippen molar-refractivity contribution in [3.8, 4) is 0 Å². The number of hydrogen-bond donors (Lipinski definition) is 3. The minimum Gasteiger partial charge on any atom is -0.370 e. The van der Waals surface area contributed by atoms with E-state index < -0.39 is 6.10 Å². The Kier molecular flexibility index (Phi) is 7.23. The number of hydrogen-bond acceptors (Lipinski definition) is 4. The predicted octanol–water partition coefficient (Wildman–Crippen LogP) is -1.65. The molecule has 0 radical (unpaired) electrons.